The molecule has 4 aromatic rings. The minimum atomic E-state index is -4.59. The number of carbonyl (C=O) groups is 1. The summed E-state index contributed by atoms with van der Waals surface area (Å²) in [5, 5.41) is 6.83. The Kier molecular flexibility index (Phi) is 6.07. The Labute approximate surface area is 183 Å². The molecule has 1 aromatic heterocycles. The average molecular weight is 435 g/mol. The lowest BCUT2D eigenvalue weighted by Gasteiger charge is -2.14. The first-order chi connectivity index (χ1) is 15.4. The van der Waals surface area contributed by atoms with Crippen LogP contribution in [0.25, 0.3) is 11.1 Å². The van der Waals surface area contributed by atoms with Gasteiger partial charge < -0.3 is 5.32 Å². The van der Waals surface area contributed by atoms with Crippen molar-refractivity contribution >= 4 is 5.91 Å². The molecule has 0 atom stereocenters. The number of nitrogens with one attached hydrogen (secondary N) is 1. The molecule has 32 heavy (non-hydrogen) atoms. The third kappa shape index (κ3) is 4.88. The highest BCUT2D eigenvalue weighted by Gasteiger charge is 2.34. The van der Waals surface area contributed by atoms with Gasteiger partial charge in [0.05, 0.1) is 17.7 Å². The molecule has 4 rings (SSSR count). The van der Waals surface area contributed by atoms with Gasteiger partial charge in [-0.2, -0.15) is 18.3 Å². The largest absolute Gasteiger partial charge is 0.417 e. The first kappa shape index (κ1) is 21.4. The van der Waals surface area contributed by atoms with Gasteiger partial charge in [0.15, 0.2) is 0 Å². The standard InChI is InChI=1S/C25H20F3N3O/c26-25(27,28)23-9-4-3-8-22(23)24(32)29-16-20-6-1-2-7-21(20)19-12-10-18(11-13-19)17-31-15-5-14-30-31/h1-15H,16-17H2,(H,29,32). The van der Waals surface area contributed by atoms with Crippen molar-refractivity contribution in [3.05, 3.63) is 114 Å². The van der Waals surface area contributed by atoms with E-state index in [1.54, 1.807) is 6.20 Å². The van der Waals surface area contributed by atoms with E-state index in [-0.39, 0.29) is 12.1 Å². The van der Waals surface area contributed by atoms with Gasteiger partial charge in [0.25, 0.3) is 5.91 Å². The van der Waals surface area contributed by atoms with Crippen LogP contribution in [-0.2, 0) is 19.3 Å². The van der Waals surface area contributed by atoms with Crippen molar-refractivity contribution in [2.24, 2.45) is 0 Å². The van der Waals surface area contributed by atoms with Crippen molar-refractivity contribution in [2.75, 3.05) is 0 Å². The summed E-state index contributed by atoms with van der Waals surface area (Å²) in [4.78, 5) is 12.5. The lowest BCUT2D eigenvalue weighted by atomic mass is 9.98. The Morgan fingerprint density at radius 1 is 0.906 bits per heavy atom. The molecule has 0 fully saturated rings. The second-order valence-electron chi connectivity index (χ2n) is 7.28. The molecule has 0 spiro atoms. The van der Waals surface area contributed by atoms with Crippen molar-refractivity contribution in [3.63, 3.8) is 0 Å². The topological polar surface area (TPSA) is 46.9 Å². The number of benzene rings is 3. The van der Waals surface area contributed by atoms with E-state index in [9.17, 15) is 18.0 Å². The van der Waals surface area contributed by atoms with Crippen molar-refractivity contribution in [1.29, 1.82) is 0 Å². The molecule has 162 valence electrons. The SMILES string of the molecule is O=C(NCc1ccccc1-c1ccc(Cn2cccn2)cc1)c1ccccc1C(F)(F)F. The number of amides is 1. The smallest absolute Gasteiger partial charge is 0.348 e. The van der Waals surface area contributed by atoms with Crippen LogP contribution in [0.15, 0.2) is 91.3 Å². The van der Waals surface area contributed by atoms with Crippen LogP contribution in [0.2, 0.25) is 0 Å². The van der Waals surface area contributed by atoms with Crippen LogP contribution in [0.5, 0.6) is 0 Å². The number of rotatable bonds is 6. The molecule has 0 bridgehead atoms. The predicted octanol–water partition coefficient (Wildman–Crippen LogP) is 5.55. The van der Waals surface area contributed by atoms with Crippen LogP contribution in [-0.4, -0.2) is 15.7 Å². The normalized spacial score (nSPS) is 11.3. The summed E-state index contributed by atoms with van der Waals surface area (Å²) in [6.45, 7) is 0.764. The lowest BCUT2D eigenvalue weighted by molar-refractivity contribution is -0.137. The summed E-state index contributed by atoms with van der Waals surface area (Å²) >= 11 is 0. The van der Waals surface area contributed by atoms with Gasteiger partial charge in [0.2, 0.25) is 0 Å². The molecule has 0 aliphatic heterocycles. The maximum absolute atomic E-state index is 13.2. The zero-order chi connectivity index (χ0) is 22.6. The van der Waals surface area contributed by atoms with Gasteiger partial charge in [-0.3, -0.25) is 9.48 Å². The molecule has 1 N–H and O–H groups in total. The number of carbonyl (C=O) groups excluding carboxylic acids is 1. The van der Waals surface area contributed by atoms with Gasteiger partial charge in [-0.15, -0.1) is 0 Å². The number of hydrogen-bond donors (Lipinski definition) is 1. The zero-order valence-electron chi connectivity index (χ0n) is 17.0. The number of nitrogens with zero attached hydrogens (tertiary/aromatic N) is 2. The lowest BCUT2D eigenvalue weighted by Crippen LogP contribution is -2.26. The van der Waals surface area contributed by atoms with Crippen LogP contribution in [0.4, 0.5) is 13.2 Å². The second kappa shape index (κ2) is 9.09. The highest BCUT2D eigenvalue weighted by atomic mass is 19.4. The number of alkyl halides is 3. The summed E-state index contributed by atoms with van der Waals surface area (Å²) < 4.78 is 41.5. The molecule has 0 radical (unpaired) electrons. The summed E-state index contributed by atoms with van der Waals surface area (Å²) in [6.07, 6.45) is -0.974. The Morgan fingerprint density at radius 3 is 2.34 bits per heavy atom. The molecule has 1 heterocycles. The quantitative estimate of drug-likeness (QED) is 0.432. The molecule has 4 nitrogen and oxygen atoms in total. The second-order valence-corrected chi connectivity index (χ2v) is 7.28. The van der Waals surface area contributed by atoms with E-state index < -0.39 is 17.6 Å². The number of hydrogen-bond acceptors (Lipinski definition) is 2. The first-order valence-electron chi connectivity index (χ1n) is 10.0. The van der Waals surface area contributed by atoms with Crippen molar-refractivity contribution in [3.8, 4) is 11.1 Å². The Hall–Kier alpha value is -3.87. The first-order valence-corrected chi connectivity index (χ1v) is 10.0. The monoisotopic (exact) mass is 435 g/mol. The van der Waals surface area contributed by atoms with Crippen molar-refractivity contribution in [1.82, 2.24) is 15.1 Å². The fourth-order valence-electron chi connectivity index (χ4n) is 3.53. The van der Waals surface area contributed by atoms with E-state index >= 15 is 0 Å². The van der Waals surface area contributed by atoms with Crippen molar-refractivity contribution in [2.45, 2.75) is 19.3 Å². The van der Waals surface area contributed by atoms with Gasteiger partial charge >= 0.3 is 6.18 Å². The van der Waals surface area contributed by atoms with Gasteiger partial charge in [-0.1, -0.05) is 60.7 Å². The Bertz CT molecular complexity index is 1200. The van der Waals surface area contributed by atoms with E-state index in [1.807, 2.05) is 65.5 Å². The summed E-state index contributed by atoms with van der Waals surface area (Å²) in [5.74, 6) is -0.762. The molecule has 1 amide bonds. The molecular weight excluding hydrogens is 415 g/mol. The minimum absolute atomic E-state index is 0.107. The van der Waals surface area contributed by atoms with E-state index in [2.05, 4.69) is 10.4 Å². The van der Waals surface area contributed by atoms with Crippen LogP contribution in [0.1, 0.15) is 27.0 Å². The third-order valence-corrected chi connectivity index (χ3v) is 5.10. The molecule has 3 aromatic carbocycles. The van der Waals surface area contributed by atoms with Crippen molar-refractivity contribution < 1.29 is 18.0 Å². The van der Waals surface area contributed by atoms with Crippen LogP contribution in [0, 0.1) is 0 Å². The maximum Gasteiger partial charge on any atom is 0.417 e. The van der Waals surface area contributed by atoms with E-state index in [0.717, 1.165) is 28.3 Å². The minimum Gasteiger partial charge on any atom is -0.348 e. The molecule has 0 aliphatic rings. The van der Waals surface area contributed by atoms with Gasteiger partial charge in [-0.05, 0) is 40.5 Å². The van der Waals surface area contributed by atoms with Gasteiger partial charge in [0, 0.05) is 18.9 Å². The van der Waals surface area contributed by atoms with Crippen LogP contribution < -0.4 is 5.32 Å². The van der Waals surface area contributed by atoms with Crippen LogP contribution in [0.3, 0.4) is 0 Å². The number of halogens is 3. The molecule has 7 heteroatoms. The Morgan fingerprint density at radius 2 is 1.62 bits per heavy atom. The highest BCUT2D eigenvalue weighted by Crippen LogP contribution is 2.32. The van der Waals surface area contributed by atoms with Crippen LogP contribution >= 0.6 is 0 Å². The summed E-state index contributed by atoms with van der Waals surface area (Å²) in [6, 6.07) is 22.1. The molecule has 0 saturated carbocycles. The Balaban J connectivity index is 1.50. The van der Waals surface area contributed by atoms with E-state index in [4.69, 9.17) is 0 Å². The molecular formula is C25H20F3N3O. The fourth-order valence-corrected chi connectivity index (χ4v) is 3.53. The highest BCUT2D eigenvalue weighted by molar-refractivity contribution is 5.96. The van der Waals surface area contributed by atoms with E-state index in [1.165, 1.54) is 18.2 Å². The molecule has 0 saturated heterocycles. The number of aromatic nitrogens is 2. The third-order valence-electron chi connectivity index (χ3n) is 5.10. The maximum atomic E-state index is 13.2. The summed E-state index contributed by atoms with van der Waals surface area (Å²) in [5.41, 5.74) is 2.42. The predicted molar refractivity (Wildman–Crippen MR) is 116 cm³/mol. The summed E-state index contributed by atoms with van der Waals surface area (Å²) in [7, 11) is 0. The molecule has 0 aliphatic carbocycles. The van der Waals surface area contributed by atoms with E-state index in [0.29, 0.717) is 6.54 Å². The molecule has 0 unspecified atom stereocenters. The fraction of sp³-hybridized carbons (Fsp3) is 0.120. The van der Waals surface area contributed by atoms with Gasteiger partial charge in [0.1, 0.15) is 0 Å². The van der Waals surface area contributed by atoms with Gasteiger partial charge in [-0.25, -0.2) is 0 Å². The zero-order valence-corrected chi connectivity index (χ0v) is 17.0. The average Bonchev–Trinajstić information content (AvgIpc) is 3.31.